The van der Waals surface area contributed by atoms with Crippen molar-refractivity contribution in [3.63, 3.8) is 0 Å². The second-order valence-corrected chi connectivity index (χ2v) is 10.7. The number of hydrogen-bond donors (Lipinski definition) is 1. The molecule has 1 aliphatic rings. The van der Waals surface area contributed by atoms with Crippen LogP contribution in [0.25, 0.3) is 16.9 Å². The first kappa shape index (κ1) is 29.7. The van der Waals surface area contributed by atoms with Crippen LogP contribution in [0.15, 0.2) is 72.9 Å². The molecule has 5 rings (SSSR count). The van der Waals surface area contributed by atoms with E-state index in [0.717, 1.165) is 100.0 Å². The lowest BCUT2D eigenvalue weighted by Gasteiger charge is -2.26. The molecule has 1 saturated heterocycles. The smallest absolute Gasteiger partial charge is 0.129 e. The molecule has 1 fully saturated rings. The van der Waals surface area contributed by atoms with Gasteiger partial charge < -0.3 is 24.3 Å². The summed E-state index contributed by atoms with van der Waals surface area (Å²) in [5, 5.41) is 3.39. The number of halogens is 2. The summed E-state index contributed by atoms with van der Waals surface area (Å²) < 4.78 is 40.6. The van der Waals surface area contributed by atoms with Crippen molar-refractivity contribution in [2.75, 3.05) is 39.3 Å². The van der Waals surface area contributed by atoms with Crippen LogP contribution in [0.3, 0.4) is 0 Å². The highest BCUT2D eigenvalue weighted by Gasteiger charge is 2.13. The number of unbranched alkanes of at least 4 members (excludes halogenated alkanes) is 2. The maximum atomic E-state index is 13.6. The third-order valence-corrected chi connectivity index (χ3v) is 7.54. The number of rotatable bonds is 14. The van der Waals surface area contributed by atoms with Crippen molar-refractivity contribution >= 4 is 0 Å². The molecule has 1 aliphatic heterocycles. The lowest BCUT2D eigenvalue weighted by atomic mass is 10.1. The highest BCUT2D eigenvalue weighted by atomic mass is 19.1. The van der Waals surface area contributed by atoms with Gasteiger partial charge >= 0.3 is 0 Å². The van der Waals surface area contributed by atoms with Crippen molar-refractivity contribution < 1.29 is 18.3 Å². The molecule has 1 aromatic heterocycles. The Hall–Kier alpha value is -3.75. The fourth-order valence-corrected chi connectivity index (χ4v) is 5.10. The summed E-state index contributed by atoms with van der Waals surface area (Å²) >= 11 is 0. The average Bonchev–Trinajstić information content (AvgIpc) is 3.46. The van der Waals surface area contributed by atoms with Crippen LogP contribution < -0.4 is 14.8 Å². The van der Waals surface area contributed by atoms with Crippen molar-refractivity contribution in [1.82, 2.24) is 19.8 Å². The SMILES string of the molecule is CCCCc1nc(-c2ccc(OCCCCN3CCNCC3)cc2)cn1-c1ccc(Oc2ccc(F)c(CF)c2)cc1. The fraction of sp³-hybridized carbons (Fsp3) is 0.382. The van der Waals surface area contributed by atoms with Gasteiger partial charge in [-0.25, -0.2) is 13.8 Å². The number of nitrogens with one attached hydrogen (secondary N) is 1. The Balaban J connectivity index is 1.21. The molecular formula is C34H40F2N4O2. The quantitative estimate of drug-likeness (QED) is 0.160. The normalized spacial score (nSPS) is 13.8. The summed E-state index contributed by atoms with van der Waals surface area (Å²) in [4.78, 5) is 7.50. The molecule has 222 valence electrons. The van der Waals surface area contributed by atoms with Crippen LogP contribution in [0.5, 0.6) is 17.2 Å². The zero-order valence-corrected chi connectivity index (χ0v) is 24.3. The molecule has 42 heavy (non-hydrogen) atoms. The Bertz CT molecular complexity index is 1400. The average molecular weight is 575 g/mol. The summed E-state index contributed by atoms with van der Waals surface area (Å²) in [6, 6.07) is 19.9. The van der Waals surface area contributed by atoms with Crippen LogP contribution in [0.4, 0.5) is 8.78 Å². The number of hydrogen-bond acceptors (Lipinski definition) is 5. The van der Waals surface area contributed by atoms with Crippen molar-refractivity contribution in [1.29, 1.82) is 0 Å². The third-order valence-electron chi connectivity index (χ3n) is 7.54. The van der Waals surface area contributed by atoms with E-state index in [1.165, 1.54) is 18.2 Å². The first-order valence-corrected chi connectivity index (χ1v) is 15.0. The number of aryl methyl sites for hydroxylation is 1. The zero-order valence-electron chi connectivity index (χ0n) is 24.3. The van der Waals surface area contributed by atoms with Gasteiger partial charge in [0.25, 0.3) is 0 Å². The molecule has 0 spiro atoms. The molecule has 2 heterocycles. The molecule has 8 heteroatoms. The van der Waals surface area contributed by atoms with E-state index in [9.17, 15) is 8.78 Å². The predicted molar refractivity (Wildman–Crippen MR) is 163 cm³/mol. The van der Waals surface area contributed by atoms with Crippen molar-refractivity contribution in [3.05, 3.63) is 90.1 Å². The highest BCUT2D eigenvalue weighted by molar-refractivity contribution is 5.61. The Morgan fingerprint density at radius 1 is 0.881 bits per heavy atom. The number of aromatic nitrogens is 2. The second-order valence-electron chi connectivity index (χ2n) is 10.7. The first-order chi connectivity index (χ1) is 20.6. The minimum atomic E-state index is -0.876. The van der Waals surface area contributed by atoms with Crippen molar-refractivity contribution in [3.8, 4) is 34.2 Å². The first-order valence-electron chi connectivity index (χ1n) is 15.0. The van der Waals surface area contributed by atoms with E-state index in [-0.39, 0.29) is 5.56 Å². The summed E-state index contributed by atoms with van der Waals surface area (Å²) in [7, 11) is 0. The second kappa shape index (κ2) is 14.9. The number of benzene rings is 3. The zero-order chi connectivity index (χ0) is 29.1. The van der Waals surface area contributed by atoms with Gasteiger partial charge in [-0.3, -0.25) is 0 Å². The third kappa shape index (κ3) is 7.95. The Kier molecular flexibility index (Phi) is 10.6. The number of nitrogens with zero attached hydrogens (tertiary/aromatic N) is 3. The van der Waals surface area contributed by atoms with Crippen LogP contribution in [0, 0.1) is 5.82 Å². The number of imidazole rings is 1. The highest BCUT2D eigenvalue weighted by Crippen LogP contribution is 2.28. The van der Waals surface area contributed by atoms with E-state index in [1.54, 1.807) is 0 Å². The van der Waals surface area contributed by atoms with Gasteiger partial charge in [0, 0.05) is 55.6 Å². The number of ether oxygens (including phenoxy) is 2. The summed E-state index contributed by atoms with van der Waals surface area (Å²) in [5.74, 6) is 2.28. The van der Waals surface area contributed by atoms with Gasteiger partial charge in [0.15, 0.2) is 0 Å². The van der Waals surface area contributed by atoms with Gasteiger partial charge in [-0.05, 0) is 92.5 Å². The van der Waals surface area contributed by atoms with Gasteiger partial charge in [-0.2, -0.15) is 0 Å². The van der Waals surface area contributed by atoms with E-state index in [4.69, 9.17) is 14.5 Å². The molecule has 4 aromatic rings. The minimum absolute atomic E-state index is 0.0171. The molecule has 0 atom stereocenters. The number of piperazine rings is 1. The predicted octanol–water partition coefficient (Wildman–Crippen LogP) is 7.35. The summed E-state index contributed by atoms with van der Waals surface area (Å²) in [6.45, 7) is 7.61. The largest absolute Gasteiger partial charge is 0.494 e. The molecule has 6 nitrogen and oxygen atoms in total. The van der Waals surface area contributed by atoms with Crippen LogP contribution in [-0.2, 0) is 13.1 Å². The molecule has 0 unspecified atom stereocenters. The van der Waals surface area contributed by atoms with Crippen LogP contribution in [-0.4, -0.2) is 53.8 Å². The number of alkyl halides is 1. The van der Waals surface area contributed by atoms with E-state index < -0.39 is 12.5 Å². The van der Waals surface area contributed by atoms with E-state index in [1.807, 2.05) is 36.4 Å². The molecule has 3 aromatic carbocycles. The fourth-order valence-electron chi connectivity index (χ4n) is 5.10. The minimum Gasteiger partial charge on any atom is -0.494 e. The lowest BCUT2D eigenvalue weighted by Crippen LogP contribution is -2.43. The van der Waals surface area contributed by atoms with Gasteiger partial charge in [0.1, 0.15) is 35.6 Å². The summed E-state index contributed by atoms with van der Waals surface area (Å²) in [6.07, 6.45) is 7.25. The molecule has 0 aliphatic carbocycles. The lowest BCUT2D eigenvalue weighted by molar-refractivity contribution is 0.226. The molecule has 0 bridgehead atoms. The van der Waals surface area contributed by atoms with Crippen molar-refractivity contribution in [2.45, 2.75) is 45.7 Å². The molecule has 1 N–H and O–H groups in total. The van der Waals surface area contributed by atoms with E-state index in [0.29, 0.717) is 11.5 Å². The summed E-state index contributed by atoms with van der Waals surface area (Å²) in [5.41, 5.74) is 2.90. The molecule has 0 amide bonds. The Morgan fingerprint density at radius 3 is 2.36 bits per heavy atom. The molecular weight excluding hydrogens is 534 g/mol. The molecule has 0 saturated carbocycles. The maximum Gasteiger partial charge on any atom is 0.129 e. The van der Waals surface area contributed by atoms with Crippen LogP contribution >= 0.6 is 0 Å². The van der Waals surface area contributed by atoms with E-state index in [2.05, 4.69) is 40.0 Å². The Labute approximate surface area is 247 Å². The van der Waals surface area contributed by atoms with Crippen molar-refractivity contribution in [2.24, 2.45) is 0 Å². The van der Waals surface area contributed by atoms with Gasteiger partial charge in [-0.15, -0.1) is 0 Å². The maximum absolute atomic E-state index is 13.6. The standard InChI is InChI=1S/C34H40F2N4O2/c1-2-3-6-34-38-33(26-7-11-29(12-8-26)41-22-5-4-19-39-20-17-37-18-21-39)25-40(34)28-9-13-30(14-10-28)42-31-15-16-32(36)27(23-31)24-35/h7-16,23,25,37H,2-6,17-22,24H2,1H3. The van der Waals surface area contributed by atoms with Crippen LogP contribution in [0.2, 0.25) is 0 Å². The van der Waals surface area contributed by atoms with E-state index >= 15 is 0 Å². The monoisotopic (exact) mass is 574 g/mol. The van der Waals surface area contributed by atoms with Gasteiger partial charge in [0.05, 0.1) is 12.3 Å². The molecule has 0 radical (unpaired) electrons. The van der Waals surface area contributed by atoms with Gasteiger partial charge in [-0.1, -0.05) is 13.3 Å². The Morgan fingerprint density at radius 2 is 1.62 bits per heavy atom. The topological polar surface area (TPSA) is 51.5 Å². The van der Waals surface area contributed by atoms with Gasteiger partial charge in [0.2, 0.25) is 0 Å². The van der Waals surface area contributed by atoms with Crippen LogP contribution in [0.1, 0.15) is 44.0 Å².